The molecule has 0 aliphatic carbocycles. The highest BCUT2D eigenvalue weighted by atomic mass is 35.5. The fourth-order valence-corrected chi connectivity index (χ4v) is 2.18. The molecule has 1 aromatic rings. The molecule has 58 valence electrons. The Balaban J connectivity index is 2.34. The predicted octanol–water partition coefficient (Wildman–Crippen LogP) is 2.16. The number of hydrogen-bond acceptors (Lipinski definition) is 3. The second kappa shape index (κ2) is 2.91. The molecule has 2 nitrogen and oxygen atoms in total. The van der Waals surface area contributed by atoms with Gasteiger partial charge in [0.2, 0.25) is 0 Å². The number of halogens is 1. The molecule has 0 fully saturated rings. The average Bonchev–Trinajstić information content (AvgIpc) is 2.04. The molecule has 1 aromatic heterocycles. The summed E-state index contributed by atoms with van der Waals surface area (Å²) in [7, 11) is 0. The molecule has 11 heavy (non-hydrogen) atoms. The summed E-state index contributed by atoms with van der Waals surface area (Å²) in [5.74, 6) is 0.953. The van der Waals surface area contributed by atoms with Gasteiger partial charge in [-0.15, -0.1) is 23.4 Å². The van der Waals surface area contributed by atoms with Crippen molar-refractivity contribution in [2.24, 2.45) is 0 Å². The van der Waals surface area contributed by atoms with Gasteiger partial charge in [-0.25, -0.2) is 4.98 Å². The van der Waals surface area contributed by atoms with Crippen molar-refractivity contribution in [3.8, 4) is 0 Å². The van der Waals surface area contributed by atoms with Crippen LogP contribution in [0.25, 0.3) is 0 Å². The third-order valence-electron chi connectivity index (χ3n) is 1.46. The Morgan fingerprint density at radius 3 is 3.55 bits per heavy atom. The molecule has 1 N–H and O–H groups in total. The summed E-state index contributed by atoms with van der Waals surface area (Å²) in [6.07, 6.45) is 1.78. The zero-order chi connectivity index (χ0) is 7.68. The Morgan fingerprint density at radius 1 is 1.73 bits per heavy atom. The van der Waals surface area contributed by atoms with Crippen molar-refractivity contribution in [1.82, 2.24) is 4.98 Å². The normalized spacial score (nSPS) is 22.1. The number of hydrogen-bond donors (Lipinski definition) is 1. The van der Waals surface area contributed by atoms with Crippen molar-refractivity contribution >= 4 is 29.2 Å². The van der Waals surface area contributed by atoms with Crippen LogP contribution in [-0.4, -0.2) is 16.2 Å². The highest BCUT2D eigenvalue weighted by molar-refractivity contribution is 8.01. The van der Waals surface area contributed by atoms with E-state index < -0.39 is 0 Å². The van der Waals surface area contributed by atoms with Crippen LogP contribution in [0.1, 0.15) is 0 Å². The number of thioether (sulfide) groups is 1. The first kappa shape index (κ1) is 7.25. The molecular formula is C7H7ClN2S. The van der Waals surface area contributed by atoms with Crippen molar-refractivity contribution in [1.29, 1.82) is 0 Å². The Morgan fingerprint density at radius 2 is 2.64 bits per heavy atom. The van der Waals surface area contributed by atoms with E-state index in [1.807, 2.05) is 12.1 Å². The molecule has 0 amide bonds. The lowest BCUT2D eigenvalue weighted by Gasteiger charge is -2.19. The second-order valence-corrected chi connectivity index (χ2v) is 4.29. The maximum Gasteiger partial charge on any atom is 0.139 e. The Kier molecular flexibility index (Phi) is 1.92. The molecule has 1 aliphatic rings. The van der Waals surface area contributed by atoms with E-state index in [-0.39, 0.29) is 4.71 Å². The number of aromatic nitrogens is 1. The summed E-state index contributed by atoms with van der Waals surface area (Å²) in [5, 5.41) is 3.15. The van der Waals surface area contributed by atoms with Crippen LogP contribution in [0, 0.1) is 0 Å². The van der Waals surface area contributed by atoms with E-state index in [9.17, 15) is 0 Å². The largest absolute Gasteiger partial charge is 0.367 e. The highest BCUT2D eigenvalue weighted by Gasteiger charge is 2.16. The van der Waals surface area contributed by atoms with Crippen LogP contribution in [0.4, 0.5) is 5.82 Å². The smallest absolute Gasteiger partial charge is 0.139 e. The fraction of sp³-hybridized carbons (Fsp3) is 0.286. The summed E-state index contributed by atoms with van der Waals surface area (Å²) in [4.78, 5) is 5.30. The Hall–Kier alpha value is -0.410. The number of alkyl halides is 1. The Labute approximate surface area is 74.4 Å². The van der Waals surface area contributed by atoms with Gasteiger partial charge in [0.05, 0.1) is 4.90 Å². The van der Waals surface area contributed by atoms with Gasteiger partial charge in [-0.05, 0) is 12.1 Å². The first-order valence-corrected chi connectivity index (χ1v) is 4.67. The minimum Gasteiger partial charge on any atom is -0.367 e. The van der Waals surface area contributed by atoms with Crippen molar-refractivity contribution in [2.75, 3.05) is 11.9 Å². The monoisotopic (exact) mass is 186 g/mol. The summed E-state index contributed by atoms with van der Waals surface area (Å²) in [6.45, 7) is 0.788. The number of nitrogens with zero attached hydrogens (tertiary/aromatic N) is 1. The van der Waals surface area contributed by atoms with Crippen molar-refractivity contribution in [3.05, 3.63) is 18.3 Å². The predicted molar refractivity (Wildman–Crippen MR) is 48.2 cm³/mol. The molecule has 0 bridgehead atoms. The van der Waals surface area contributed by atoms with Crippen LogP contribution < -0.4 is 5.32 Å². The van der Waals surface area contributed by atoms with Gasteiger partial charge in [0.15, 0.2) is 0 Å². The molecule has 1 unspecified atom stereocenters. The van der Waals surface area contributed by atoms with E-state index in [0.717, 1.165) is 17.3 Å². The second-order valence-electron chi connectivity index (χ2n) is 2.26. The molecule has 0 saturated heterocycles. The summed E-state index contributed by atoms with van der Waals surface area (Å²) in [6, 6.07) is 3.94. The molecule has 1 atom stereocenters. The van der Waals surface area contributed by atoms with E-state index >= 15 is 0 Å². The number of nitrogens with one attached hydrogen (secondary N) is 1. The van der Waals surface area contributed by atoms with E-state index in [4.69, 9.17) is 11.6 Å². The van der Waals surface area contributed by atoms with Gasteiger partial charge in [0.1, 0.15) is 10.5 Å². The van der Waals surface area contributed by atoms with Crippen LogP contribution in [0.3, 0.4) is 0 Å². The molecule has 0 saturated carbocycles. The number of anilines is 1. The zero-order valence-corrected chi connectivity index (χ0v) is 7.32. The van der Waals surface area contributed by atoms with Gasteiger partial charge in [-0.3, -0.25) is 0 Å². The van der Waals surface area contributed by atoms with Crippen LogP contribution in [0.15, 0.2) is 23.2 Å². The Bertz CT molecular complexity index is 266. The minimum atomic E-state index is 0.131. The van der Waals surface area contributed by atoms with Crippen LogP contribution in [0.2, 0.25) is 0 Å². The van der Waals surface area contributed by atoms with E-state index in [0.29, 0.717) is 0 Å². The molecular weight excluding hydrogens is 180 g/mol. The third kappa shape index (κ3) is 1.44. The number of pyridine rings is 1. The summed E-state index contributed by atoms with van der Waals surface area (Å²) in [5.41, 5.74) is 0. The van der Waals surface area contributed by atoms with Gasteiger partial charge < -0.3 is 5.32 Å². The van der Waals surface area contributed by atoms with E-state index in [2.05, 4.69) is 10.3 Å². The molecule has 2 rings (SSSR count). The topological polar surface area (TPSA) is 24.9 Å². The third-order valence-corrected chi connectivity index (χ3v) is 2.88. The molecule has 1 aliphatic heterocycles. The zero-order valence-electron chi connectivity index (χ0n) is 5.75. The fourth-order valence-electron chi connectivity index (χ4n) is 0.975. The molecule has 2 heterocycles. The average molecular weight is 187 g/mol. The maximum atomic E-state index is 5.92. The lowest BCUT2D eigenvalue weighted by molar-refractivity contribution is 1.07. The molecule has 4 heteroatoms. The quantitative estimate of drug-likeness (QED) is 0.629. The van der Waals surface area contributed by atoms with E-state index in [1.165, 1.54) is 0 Å². The first-order valence-electron chi connectivity index (χ1n) is 3.36. The van der Waals surface area contributed by atoms with E-state index in [1.54, 1.807) is 18.0 Å². The lowest BCUT2D eigenvalue weighted by atomic mass is 10.4. The molecule has 0 aromatic carbocycles. The summed E-state index contributed by atoms with van der Waals surface area (Å²) >= 11 is 7.57. The maximum absolute atomic E-state index is 5.92. The first-order chi connectivity index (χ1) is 5.36. The molecule has 0 radical (unpaired) electrons. The van der Waals surface area contributed by atoms with Crippen LogP contribution in [-0.2, 0) is 0 Å². The van der Waals surface area contributed by atoms with Gasteiger partial charge >= 0.3 is 0 Å². The number of fused-ring (bicyclic) bond motifs is 1. The van der Waals surface area contributed by atoms with Gasteiger partial charge in [0.25, 0.3) is 0 Å². The molecule has 0 spiro atoms. The van der Waals surface area contributed by atoms with Crippen molar-refractivity contribution < 1.29 is 0 Å². The SMILES string of the molecule is ClC1CNc2ncccc2S1. The lowest BCUT2D eigenvalue weighted by Crippen LogP contribution is -2.17. The van der Waals surface area contributed by atoms with Crippen LogP contribution >= 0.6 is 23.4 Å². The van der Waals surface area contributed by atoms with Crippen molar-refractivity contribution in [3.63, 3.8) is 0 Å². The number of rotatable bonds is 0. The standard InChI is InChI=1S/C7H7ClN2S/c8-6-4-10-7-5(11-6)2-1-3-9-7/h1-3,6H,4H2,(H,9,10). The van der Waals surface area contributed by atoms with Gasteiger partial charge in [-0.1, -0.05) is 0 Å². The highest BCUT2D eigenvalue weighted by Crippen LogP contribution is 2.34. The van der Waals surface area contributed by atoms with Gasteiger partial charge in [0, 0.05) is 12.7 Å². The van der Waals surface area contributed by atoms with Crippen LogP contribution in [0.5, 0.6) is 0 Å². The van der Waals surface area contributed by atoms with Gasteiger partial charge in [-0.2, -0.15) is 0 Å². The minimum absolute atomic E-state index is 0.131. The van der Waals surface area contributed by atoms with Crippen molar-refractivity contribution in [2.45, 2.75) is 9.60 Å². The summed E-state index contributed by atoms with van der Waals surface area (Å²) < 4.78 is 0.131.